The van der Waals surface area contributed by atoms with Gasteiger partial charge in [0.05, 0.1) is 12.6 Å². The van der Waals surface area contributed by atoms with Gasteiger partial charge in [0.1, 0.15) is 11.4 Å². The predicted octanol–water partition coefficient (Wildman–Crippen LogP) is 1.52. The number of aliphatic hydroxyl groups is 1. The second-order valence-corrected chi connectivity index (χ2v) is 7.03. The van der Waals surface area contributed by atoms with E-state index in [4.69, 9.17) is 4.74 Å². The first-order chi connectivity index (χ1) is 10.3. The van der Waals surface area contributed by atoms with Crippen LogP contribution >= 0.6 is 11.5 Å². The molecule has 1 saturated heterocycles. The van der Waals surface area contributed by atoms with Gasteiger partial charge in [-0.3, -0.25) is 0 Å². The molecule has 8 heteroatoms. The van der Waals surface area contributed by atoms with Gasteiger partial charge in [0.2, 0.25) is 5.13 Å². The molecule has 7 nitrogen and oxygen atoms in total. The fraction of sp³-hybridized carbons (Fsp3) is 0.786. The fourth-order valence-corrected chi connectivity index (χ4v) is 3.11. The highest BCUT2D eigenvalue weighted by Crippen LogP contribution is 2.23. The molecule has 1 amide bonds. The average Bonchev–Trinajstić information content (AvgIpc) is 2.93. The Balaban J connectivity index is 2.03. The summed E-state index contributed by atoms with van der Waals surface area (Å²) >= 11 is 1.34. The Morgan fingerprint density at radius 2 is 2.18 bits per heavy atom. The maximum atomic E-state index is 12.1. The van der Waals surface area contributed by atoms with Crippen molar-refractivity contribution in [3.05, 3.63) is 5.82 Å². The summed E-state index contributed by atoms with van der Waals surface area (Å²) in [5.41, 5.74) is -0.516. The number of hydrogen-bond donors (Lipinski definition) is 1. The van der Waals surface area contributed by atoms with Crippen LogP contribution in [0.15, 0.2) is 0 Å². The Morgan fingerprint density at radius 3 is 2.73 bits per heavy atom. The summed E-state index contributed by atoms with van der Waals surface area (Å²) in [6, 6.07) is -0.182. The molecule has 1 aromatic rings. The van der Waals surface area contributed by atoms with Crippen molar-refractivity contribution in [2.45, 2.75) is 45.8 Å². The van der Waals surface area contributed by atoms with Gasteiger partial charge in [-0.25, -0.2) is 9.78 Å². The van der Waals surface area contributed by atoms with Gasteiger partial charge in [0.15, 0.2) is 0 Å². The number of aryl methyl sites for hydroxylation is 1. The highest BCUT2D eigenvalue weighted by molar-refractivity contribution is 7.09. The Kier molecular flexibility index (Phi) is 5.23. The summed E-state index contributed by atoms with van der Waals surface area (Å²) in [6.45, 7) is 9.09. The minimum Gasteiger partial charge on any atom is -0.444 e. The lowest BCUT2D eigenvalue weighted by molar-refractivity contribution is 0.0197. The number of aromatic nitrogens is 2. The number of piperazine rings is 1. The van der Waals surface area contributed by atoms with Crippen LogP contribution in [0.1, 0.15) is 33.5 Å². The van der Waals surface area contributed by atoms with Gasteiger partial charge in [0.25, 0.3) is 0 Å². The minimum absolute atomic E-state index is 0.0413. The molecule has 0 aliphatic carbocycles. The molecule has 2 heterocycles. The second-order valence-electron chi connectivity index (χ2n) is 6.30. The quantitative estimate of drug-likeness (QED) is 0.906. The zero-order chi connectivity index (χ0) is 16.3. The van der Waals surface area contributed by atoms with Crippen molar-refractivity contribution in [2.75, 3.05) is 31.1 Å². The first kappa shape index (κ1) is 17.0. The molecule has 0 saturated carbocycles. The zero-order valence-corrected chi connectivity index (χ0v) is 14.4. The summed E-state index contributed by atoms with van der Waals surface area (Å²) in [7, 11) is 0. The highest BCUT2D eigenvalue weighted by Gasteiger charge is 2.33. The van der Waals surface area contributed by atoms with Crippen molar-refractivity contribution >= 4 is 22.8 Å². The minimum atomic E-state index is -0.516. The van der Waals surface area contributed by atoms with E-state index in [1.807, 2.05) is 32.6 Å². The lowest BCUT2D eigenvalue weighted by Crippen LogP contribution is -2.57. The van der Waals surface area contributed by atoms with E-state index in [9.17, 15) is 9.90 Å². The van der Waals surface area contributed by atoms with Crippen LogP contribution in [0.3, 0.4) is 0 Å². The van der Waals surface area contributed by atoms with E-state index < -0.39 is 5.60 Å². The van der Waals surface area contributed by atoms with E-state index in [0.29, 0.717) is 19.6 Å². The summed E-state index contributed by atoms with van der Waals surface area (Å²) in [5.74, 6) is 0.811. The van der Waals surface area contributed by atoms with Crippen molar-refractivity contribution in [1.82, 2.24) is 14.3 Å². The molecule has 1 aliphatic rings. The molecule has 1 unspecified atom stereocenters. The van der Waals surface area contributed by atoms with Gasteiger partial charge in [-0.1, -0.05) is 6.92 Å². The molecule has 0 aromatic carbocycles. The molecule has 1 aliphatic heterocycles. The molecular formula is C14H24N4O3S. The molecule has 1 fully saturated rings. The van der Waals surface area contributed by atoms with Gasteiger partial charge in [0, 0.05) is 37.6 Å². The molecule has 0 bridgehead atoms. The zero-order valence-electron chi connectivity index (χ0n) is 13.6. The Labute approximate surface area is 135 Å². The van der Waals surface area contributed by atoms with Crippen molar-refractivity contribution in [3.8, 4) is 0 Å². The van der Waals surface area contributed by atoms with Crippen molar-refractivity contribution in [3.63, 3.8) is 0 Å². The summed E-state index contributed by atoms with van der Waals surface area (Å²) in [5, 5.41) is 10.5. The number of aliphatic hydroxyl groups excluding tert-OH is 1. The summed E-state index contributed by atoms with van der Waals surface area (Å²) < 4.78 is 9.68. The summed E-state index contributed by atoms with van der Waals surface area (Å²) in [4.78, 5) is 20.3. The van der Waals surface area contributed by atoms with Crippen LogP contribution in [0.4, 0.5) is 9.93 Å². The molecule has 124 valence electrons. The van der Waals surface area contributed by atoms with Gasteiger partial charge in [-0.2, -0.15) is 4.37 Å². The highest BCUT2D eigenvalue weighted by atomic mass is 32.1. The number of ether oxygens (including phenoxy) is 1. The SMILES string of the molecule is CCc1nsc(N2CCN(C(=O)OC(C)(C)C)CC2CO)n1. The van der Waals surface area contributed by atoms with Crippen LogP contribution in [0, 0.1) is 0 Å². The van der Waals surface area contributed by atoms with E-state index in [0.717, 1.165) is 17.4 Å². The molecule has 0 spiro atoms. The lowest BCUT2D eigenvalue weighted by atomic mass is 10.2. The third-order valence-electron chi connectivity index (χ3n) is 3.36. The standard InChI is InChI=1S/C14H24N4O3S/c1-5-11-15-12(22-16-11)18-7-6-17(8-10(18)9-19)13(20)21-14(2,3)4/h10,19H,5-9H2,1-4H3. The number of amides is 1. The molecule has 2 rings (SSSR count). The topological polar surface area (TPSA) is 78.8 Å². The third kappa shape index (κ3) is 4.07. The molecule has 1 atom stereocenters. The maximum absolute atomic E-state index is 12.1. The van der Waals surface area contributed by atoms with Gasteiger partial charge in [-0.05, 0) is 20.8 Å². The van der Waals surface area contributed by atoms with Crippen LogP contribution in [0.5, 0.6) is 0 Å². The third-order valence-corrected chi connectivity index (χ3v) is 4.16. The molecule has 1 N–H and O–H groups in total. The van der Waals surface area contributed by atoms with Crippen molar-refractivity contribution < 1.29 is 14.6 Å². The lowest BCUT2D eigenvalue weighted by Gasteiger charge is -2.40. The van der Waals surface area contributed by atoms with Gasteiger partial charge < -0.3 is 19.6 Å². The number of anilines is 1. The Morgan fingerprint density at radius 1 is 1.45 bits per heavy atom. The first-order valence-corrected chi connectivity index (χ1v) is 8.29. The molecule has 1 aromatic heterocycles. The number of carbonyl (C=O) groups is 1. The maximum Gasteiger partial charge on any atom is 0.410 e. The monoisotopic (exact) mass is 328 g/mol. The fourth-order valence-electron chi connectivity index (χ4n) is 2.26. The van der Waals surface area contributed by atoms with Crippen LogP contribution in [-0.4, -0.2) is 63.3 Å². The predicted molar refractivity (Wildman–Crippen MR) is 85.3 cm³/mol. The smallest absolute Gasteiger partial charge is 0.410 e. The molecule has 0 radical (unpaired) electrons. The second kappa shape index (κ2) is 6.78. The van der Waals surface area contributed by atoms with E-state index in [1.54, 1.807) is 4.90 Å². The van der Waals surface area contributed by atoms with E-state index in [1.165, 1.54) is 11.5 Å². The van der Waals surface area contributed by atoms with E-state index in [2.05, 4.69) is 9.36 Å². The van der Waals surface area contributed by atoms with E-state index in [-0.39, 0.29) is 18.7 Å². The van der Waals surface area contributed by atoms with Crippen LogP contribution in [-0.2, 0) is 11.2 Å². The van der Waals surface area contributed by atoms with Crippen LogP contribution in [0.2, 0.25) is 0 Å². The first-order valence-electron chi connectivity index (χ1n) is 7.52. The van der Waals surface area contributed by atoms with Gasteiger partial charge >= 0.3 is 6.09 Å². The number of nitrogens with zero attached hydrogens (tertiary/aromatic N) is 4. The summed E-state index contributed by atoms with van der Waals surface area (Å²) in [6.07, 6.45) is 0.454. The largest absolute Gasteiger partial charge is 0.444 e. The Bertz CT molecular complexity index is 514. The number of rotatable bonds is 3. The van der Waals surface area contributed by atoms with Crippen molar-refractivity contribution in [1.29, 1.82) is 0 Å². The van der Waals surface area contributed by atoms with Crippen molar-refractivity contribution in [2.24, 2.45) is 0 Å². The van der Waals surface area contributed by atoms with Crippen LogP contribution in [0.25, 0.3) is 0 Å². The number of carbonyl (C=O) groups excluding carboxylic acids is 1. The Hall–Kier alpha value is -1.41. The van der Waals surface area contributed by atoms with E-state index >= 15 is 0 Å². The number of hydrogen-bond acceptors (Lipinski definition) is 7. The van der Waals surface area contributed by atoms with Gasteiger partial charge in [-0.15, -0.1) is 0 Å². The van der Waals surface area contributed by atoms with Crippen LogP contribution < -0.4 is 4.90 Å². The average molecular weight is 328 g/mol. The molecular weight excluding hydrogens is 304 g/mol. The molecule has 22 heavy (non-hydrogen) atoms. The normalized spacial score (nSPS) is 19.4.